The summed E-state index contributed by atoms with van der Waals surface area (Å²) in [5.74, 6) is 0.514. The lowest BCUT2D eigenvalue weighted by Gasteiger charge is -2.33. The van der Waals surface area contributed by atoms with Crippen molar-refractivity contribution in [1.29, 1.82) is 5.26 Å². The number of nitriles is 1. The summed E-state index contributed by atoms with van der Waals surface area (Å²) >= 11 is 0. The highest BCUT2D eigenvalue weighted by Gasteiger charge is 2.31. The zero-order valence-corrected chi connectivity index (χ0v) is 15.1. The van der Waals surface area contributed by atoms with Gasteiger partial charge in [-0.25, -0.2) is 4.98 Å². The molecule has 1 saturated heterocycles. The largest absolute Gasteiger partial charge is 0.383 e. The first kappa shape index (κ1) is 17.4. The number of nitrogens with one attached hydrogen (secondary N) is 1. The zero-order valence-electron chi connectivity index (χ0n) is 15.1. The molecule has 1 amide bonds. The molecule has 0 radical (unpaired) electrons. The number of aromatic nitrogens is 2. The van der Waals surface area contributed by atoms with Crippen LogP contribution in [0.15, 0.2) is 24.5 Å². The lowest BCUT2D eigenvalue weighted by Crippen LogP contribution is -2.38. The minimum atomic E-state index is -0.0221. The van der Waals surface area contributed by atoms with E-state index in [0.29, 0.717) is 36.5 Å². The van der Waals surface area contributed by atoms with E-state index in [1.165, 1.54) is 0 Å². The number of carbonyl (C=O) groups excluding carboxylic acids is 1. The molecule has 1 fully saturated rings. The Morgan fingerprint density at radius 3 is 2.89 bits per heavy atom. The van der Waals surface area contributed by atoms with Crippen LogP contribution in [-0.2, 0) is 13.0 Å². The average Bonchev–Trinajstić information content (AvgIpc) is 2.73. The number of pyridine rings is 2. The van der Waals surface area contributed by atoms with Gasteiger partial charge in [-0.1, -0.05) is 0 Å². The van der Waals surface area contributed by atoms with Crippen molar-refractivity contribution in [1.82, 2.24) is 20.2 Å². The number of nitrogens with two attached hydrogens (primary N) is 1. The molecule has 0 saturated carbocycles. The quantitative estimate of drug-likeness (QED) is 0.840. The van der Waals surface area contributed by atoms with E-state index in [9.17, 15) is 10.1 Å². The van der Waals surface area contributed by atoms with Gasteiger partial charge in [-0.2, -0.15) is 5.26 Å². The molecule has 2 aliphatic heterocycles. The van der Waals surface area contributed by atoms with Gasteiger partial charge >= 0.3 is 0 Å². The number of nitrogens with zero attached hydrogens (tertiary/aromatic N) is 4. The zero-order chi connectivity index (χ0) is 18.8. The van der Waals surface area contributed by atoms with Gasteiger partial charge in [0.05, 0.1) is 5.56 Å². The first-order chi connectivity index (χ1) is 13.2. The molecule has 0 unspecified atom stereocenters. The van der Waals surface area contributed by atoms with Gasteiger partial charge in [-0.05, 0) is 48.6 Å². The van der Waals surface area contributed by atoms with E-state index in [-0.39, 0.29) is 11.8 Å². The van der Waals surface area contributed by atoms with Gasteiger partial charge < -0.3 is 16.0 Å². The Hall–Kier alpha value is -2.98. The molecule has 27 heavy (non-hydrogen) atoms. The van der Waals surface area contributed by atoms with Crippen LogP contribution >= 0.6 is 0 Å². The van der Waals surface area contributed by atoms with Crippen molar-refractivity contribution in [2.75, 3.05) is 25.4 Å². The van der Waals surface area contributed by atoms with Crippen LogP contribution in [-0.4, -0.2) is 40.4 Å². The highest BCUT2D eigenvalue weighted by Crippen LogP contribution is 2.35. The summed E-state index contributed by atoms with van der Waals surface area (Å²) in [5, 5.41) is 13.1. The van der Waals surface area contributed by atoms with E-state index in [2.05, 4.69) is 21.4 Å². The van der Waals surface area contributed by atoms with Crippen LogP contribution in [0.5, 0.6) is 0 Å². The second-order valence-electron chi connectivity index (χ2n) is 7.08. The van der Waals surface area contributed by atoms with Gasteiger partial charge in [0.1, 0.15) is 11.9 Å². The molecule has 1 atom stereocenters. The highest BCUT2D eigenvalue weighted by atomic mass is 16.2. The monoisotopic (exact) mass is 362 g/mol. The Bertz CT molecular complexity index is 899. The summed E-state index contributed by atoms with van der Waals surface area (Å²) in [6.07, 6.45) is 5.97. The van der Waals surface area contributed by atoms with Gasteiger partial charge in [0.25, 0.3) is 5.91 Å². The molecule has 2 aromatic rings. The summed E-state index contributed by atoms with van der Waals surface area (Å²) in [4.78, 5) is 23.2. The van der Waals surface area contributed by atoms with Crippen LogP contribution in [0.25, 0.3) is 0 Å². The van der Waals surface area contributed by atoms with Crippen molar-refractivity contribution in [3.05, 3.63) is 52.5 Å². The fourth-order valence-corrected chi connectivity index (χ4v) is 4.12. The first-order valence-corrected chi connectivity index (χ1v) is 9.30. The summed E-state index contributed by atoms with van der Waals surface area (Å²) in [6, 6.07) is 5.72. The fourth-order valence-electron chi connectivity index (χ4n) is 4.12. The standard InChI is InChI=1S/C20H22N6O/c21-10-15-18(14-2-1-6-24-11-14)16-12-26(9-5-17(16)25-19(15)22)20(27)13-3-7-23-8-4-13/h3-4,7-8,14,24H,1-2,5-6,9,11-12H2,(H2,22,25)/t14-/m0/s1. The summed E-state index contributed by atoms with van der Waals surface area (Å²) in [7, 11) is 0. The van der Waals surface area contributed by atoms with Crippen molar-refractivity contribution in [3.63, 3.8) is 0 Å². The number of anilines is 1. The van der Waals surface area contributed by atoms with E-state index in [1.807, 2.05) is 4.90 Å². The van der Waals surface area contributed by atoms with Gasteiger partial charge in [-0.3, -0.25) is 9.78 Å². The van der Waals surface area contributed by atoms with Crippen LogP contribution in [0.2, 0.25) is 0 Å². The van der Waals surface area contributed by atoms with E-state index in [1.54, 1.807) is 24.5 Å². The Morgan fingerprint density at radius 2 is 2.19 bits per heavy atom. The van der Waals surface area contributed by atoms with Crippen molar-refractivity contribution in [3.8, 4) is 6.07 Å². The second-order valence-corrected chi connectivity index (χ2v) is 7.08. The Kier molecular flexibility index (Phi) is 4.73. The third-order valence-corrected chi connectivity index (χ3v) is 5.45. The molecule has 0 spiro atoms. The molecule has 138 valence electrons. The molecule has 3 N–H and O–H groups in total. The minimum absolute atomic E-state index is 0.0221. The topological polar surface area (TPSA) is 108 Å². The SMILES string of the molecule is N#Cc1c(N)nc2c(c1[C@H]1CCCNC1)CN(C(=O)c1ccncc1)CC2. The molecule has 7 nitrogen and oxygen atoms in total. The van der Waals surface area contributed by atoms with Gasteiger partial charge in [0.2, 0.25) is 0 Å². The predicted molar refractivity (Wildman–Crippen MR) is 101 cm³/mol. The summed E-state index contributed by atoms with van der Waals surface area (Å²) in [5.41, 5.74) is 10.1. The van der Waals surface area contributed by atoms with Gasteiger partial charge in [-0.15, -0.1) is 0 Å². The molecule has 0 aliphatic carbocycles. The van der Waals surface area contributed by atoms with E-state index < -0.39 is 0 Å². The summed E-state index contributed by atoms with van der Waals surface area (Å²) < 4.78 is 0. The number of fused-ring (bicyclic) bond motifs is 1. The second kappa shape index (κ2) is 7.33. The third-order valence-electron chi connectivity index (χ3n) is 5.45. The molecule has 2 aromatic heterocycles. The maximum atomic E-state index is 12.9. The van der Waals surface area contributed by atoms with E-state index in [0.717, 1.165) is 42.8 Å². The number of piperidine rings is 1. The Labute approximate surface area is 158 Å². The predicted octanol–water partition coefficient (Wildman–Crippen LogP) is 1.60. The number of nitrogen functional groups attached to an aromatic ring is 1. The molecule has 0 bridgehead atoms. The maximum absolute atomic E-state index is 12.9. The molecule has 7 heteroatoms. The van der Waals surface area contributed by atoms with Crippen LogP contribution in [0.4, 0.5) is 5.82 Å². The Morgan fingerprint density at radius 1 is 1.37 bits per heavy atom. The van der Waals surface area contributed by atoms with Crippen LogP contribution in [0.3, 0.4) is 0 Å². The first-order valence-electron chi connectivity index (χ1n) is 9.30. The molecule has 4 heterocycles. The van der Waals surface area contributed by atoms with Crippen LogP contribution in [0, 0.1) is 11.3 Å². The van der Waals surface area contributed by atoms with Crippen molar-refractivity contribution >= 4 is 11.7 Å². The number of hydrogen-bond donors (Lipinski definition) is 2. The maximum Gasteiger partial charge on any atom is 0.254 e. The lowest BCUT2D eigenvalue weighted by atomic mass is 9.83. The summed E-state index contributed by atoms with van der Waals surface area (Å²) in [6.45, 7) is 2.87. The fraction of sp³-hybridized carbons (Fsp3) is 0.400. The van der Waals surface area contributed by atoms with Gasteiger partial charge in [0.15, 0.2) is 0 Å². The lowest BCUT2D eigenvalue weighted by molar-refractivity contribution is 0.0732. The molecular formula is C20H22N6O. The van der Waals surface area contributed by atoms with Crippen LogP contribution in [0.1, 0.15) is 51.5 Å². The smallest absolute Gasteiger partial charge is 0.254 e. The normalized spacial score (nSPS) is 19.2. The average molecular weight is 362 g/mol. The number of carbonyl (C=O) groups is 1. The van der Waals surface area contributed by atoms with Crippen molar-refractivity contribution < 1.29 is 4.79 Å². The molecule has 2 aliphatic rings. The number of amides is 1. The number of hydrogen-bond acceptors (Lipinski definition) is 6. The molecule has 4 rings (SSSR count). The Balaban J connectivity index is 1.73. The highest BCUT2D eigenvalue weighted by molar-refractivity contribution is 5.94. The van der Waals surface area contributed by atoms with Crippen LogP contribution < -0.4 is 11.1 Å². The van der Waals surface area contributed by atoms with E-state index in [4.69, 9.17) is 5.73 Å². The van der Waals surface area contributed by atoms with Crippen molar-refractivity contribution in [2.24, 2.45) is 0 Å². The third kappa shape index (κ3) is 3.24. The minimum Gasteiger partial charge on any atom is -0.383 e. The number of rotatable bonds is 2. The molecule has 0 aromatic carbocycles. The van der Waals surface area contributed by atoms with Gasteiger partial charge in [0, 0.05) is 49.7 Å². The van der Waals surface area contributed by atoms with E-state index >= 15 is 0 Å². The molecular weight excluding hydrogens is 340 g/mol. The van der Waals surface area contributed by atoms with Crippen molar-refractivity contribution in [2.45, 2.75) is 31.7 Å².